The summed E-state index contributed by atoms with van der Waals surface area (Å²) < 4.78 is 0. The van der Waals surface area contributed by atoms with Gasteiger partial charge in [-0.2, -0.15) is 0 Å². The molecule has 1 N–H and O–H groups in total. The Hall–Kier alpha value is -0.410. The van der Waals surface area contributed by atoms with E-state index in [0.717, 1.165) is 12.5 Å². The van der Waals surface area contributed by atoms with Crippen molar-refractivity contribution < 1.29 is 0 Å². The fourth-order valence-electron chi connectivity index (χ4n) is 2.45. The van der Waals surface area contributed by atoms with Gasteiger partial charge < -0.3 is 5.32 Å². The molecule has 0 radical (unpaired) electrons. The van der Waals surface area contributed by atoms with Crippen LogP contribution in [0.1, 0.15) is 48.2 Å². The van der Waals surface area contributed by atoms with Gasteiger partial charge in [-0.25, -0.2) is 4.98 Å². The third-order valence-electron chi connectivity index (χ3n) is 3.70. The molecule has 1 aliphatic rings. The number of thiazole rings is 1. The number of hydrogen-bond acceptors (Lipinski definition) is 3. The second kappa shape index (κ2) is 5.28. The van der Waals surface area contributed by atoms with Gasteiger partial charge in [-0.15, -0.1) is 11.3 Å². The van der Waals surface area contributed by atoms with E-state index in [1.165, 1.54) is 41.3 Å². The topological polar surface area (TPSA) is 24.9 Å². The lowest BCUT2D eigenvalue weighted by Gasteiger charge is -2.29. The van der Waals surface area contributed by atoms with Crippen molar-refractivity contribution in [1.29, 1.82) is 0 Å². The Kier molecular flexibility index (Phi) is 3.98. The Balaban J connectivity index is 1.86. The number of aromatic nitrogens is 1. The molecule has 2 nitrogen and oxygen atoms in total. The molecule has 0 amide bonds. The molecule has 1 aromatic rings. The van der Waals surface area contributed by atoms with E-state index in [2.05, 4.69) is 31.1 Å². The van der Waals surface area contributed by atoms with E-state index in [0.29, 0.717) is 6.04 Å². The molecule has 2 rings (SSSR count). The molecular weight excluding hydrogens is 216 g/mol. The van der Waals surface area contributed by atoms with Gasteiger partial charge in [0.15, 0.2) is 0 Å². The van der Waals surface area contributed by atoms with Crippen LogP contribution in [0, 0.1) is 19.8 Å². The molecular formula is C13H22N2S. The van der Waals surface area contributed by atoms with Crippen LogP contribution >= 0.6 is 11.3 Å². The highest BCUT2D eigenvalue weighted by atomic mass is 32.1. The SMILES string of the molecule is Cc1nc(CNC2CCCCC2C)sc1C. The maximum Gasteiger partial charge on any atom is 0.107 e. The highest BCUT2D eigenvalue weighted by Gasteiger charge is 2.20. The third kappa shape index (κ3) is 2.83. The number of aryl methyl sites for hydroxylation is 2. The van der Waals surface area contributed by atoms with Gasteiger partial charge in [0, 0.05) is 17.5 Å². The monoisotopic (exact) mass is 238 g/mol. The summed E-state index contributed by atoms with van der Waals surface area (Å²) in [4.78, 5) is 5.93. The first-order chi connectivity index (χ1) is 7.66. The summed E-state index contributed by atoms with van der Waals surface area (Å²) in [6.07, 6.45) is 5.52. The standard InChI is InChI=1S/C13H22N2S/c1-9-6-4-5-7-12(9)14-8-13-15-10(2)11(3)16-13/h9,12,14H,4-8H2,1-3H3. The van der Waals surface area contributed by atoms with E-state index in [-0.39, 0.29) is 0 Å². The minimum Gasteiger partial charge on any atom is -0.307 e. The smallest absolute Gasteiger partial charge is 0.107 e. The maximum atomic E-state index is 4.58. The van der Waals surface area contributed by atoms with Gasteiger partial charge in [0.1, 0.15) is 5.01 Å². The molecule has 2 unspecified atom stereocenters. The number of rotatable bonds is 3. The van der Waals surface area contributed by atoms with Crippen LogP contribution in [0.4, 0.5) is 0 Å². The van der Waals surface area contributed by atoms with Crippen molar-refractivity contribution >= 4 is 11.3 Å². The number of hydrogen-bond donors (Lipinski definition) is 1. The zero-order valence-corrected chi connectivity index (χ0v) is 11.4. The first-order valence-corrected chi connectivity index (χ1v) is 7.14. The van der Waals surface area contributed by atoms with Gasteiger partial charge >= 0.3 is 0 Å². The second-order valence-electron chi connectivity index (χ2n) is 5.00. The normalized spacial score (nSPS) is 25.9. The van der Waals surface area contributed by atoms with Crippen molar-refractivity contribution in [3.8, 4) is 0 Å². The summed E-state index contributed by atoms with van der Waals surface area (Å²) >= 11 is 1.83. The van der Waals surface area contributed by atoms with Gasteiger partial charge in [-0.3, -0.25) is 0 Å². The van der Waals surface area contributed by atoms with Crippen LogP contribution in [0.25, 0.3) is 0 Å². The van der Waals surface area contributed by atoms with E-state index >= 15 is 0 Å². The predicted molar refractivity (Wildman–Crippen MR) is 69.8 cm³/mol. The summed E-state index contributed by atoms with van der Waals surface area (Å²) in [5, 5.41) is 4.92. The molecule has 2 atom stereocenters. The van der Waals surface area contributed by atoms with Crippen molar-refractivity contribution in [1.82, 2.24) is 10.3 Å². The van der Waals surface area contributed by atoms with E-state index in [9.17, 15) is 0 Å². The fraction of sp³-hybridized carbons (Fsp3) is 0.769. The summed E-state index contributed by atoms with van der Waals surface area (Å²) in [5.74, 6) is 0.830. The second-order valence-corrected chi connectivity index (χ2v) is 6.29. The van der Waals surface area contributed by atoms with Crippen LogP contribution in [0.5, 0.6) is 0 Å². The lowest BCUT2D eigenvalue weighted by atomic mass is 9.86. The molecule has 16 heavy (non-hydrogen) atoms. The minimum absolute atomic E-state index is 0.707. The molecule has 3 heteroatoms. The summed E-state index contributed by atoms with van der Waals surface area (Å²) in [7, 11) is 0. The van der Waals surface area contributed by atoms with Crippen LogP contribution in [-0.2, 0) is 6.54 Å². The van der Waals surface area contributed by atoms with Crippen molar-refractivity contribution in [2.75, 3.05) is 0 Å². The van der Waals surface area contributed by atoms with E-state index in [1.54, 1.807) is 0 Å². The van der Waals surface area contributed by atoms with E-state index < -0.39 is 0 Å². The van der Waals surface area contributed by atoms with Crippen molar-refractivity contribution in [3.05, 3.63) is 15.6 Å². The molecule has 1 heterocycles. The number of nitrogens with zero attached hydrogens (tertiary/aromatic N) is 1. The molecule has 0 aliphatic heterocycles. The molecule has 0 saturated heterocycles. The summed E-state index contributed by atoms with van der Waals surface area (Å²) in [6, 6.07) is 0.707. The predicted octanol–water partition coefficient (Wildman–Crippen LogP) is 3.43. The van der Waals surface area contributed by atoms with Gasteiger partial charge in [0.05, 0.1) is 5.69 Å². The largest absolute Gasteiger partial charge is 0.307 e. The zero-order chi connectivity index (χ0) is 11.5. The average molecular weight is 238 g/mol. The maximum absolute atomic E-state index is 4.58. The van der Waals surface area contributed by atoms with Crippen molar-refractivity contribution in [2.45, 2.75) is 59.0 Å². The first kappa shape index (κ1) is 12.1. The average Bonchev–Trinajstić information content (AvgIpc) is 2.57. The van der Waals surface area contributed by atoms with Crippen LogP contribution in [0.2, 0.25) is 0 Å². The molecule has 1 fully saturated rings. The number of nitrogens with one attached hydrogen (secondary N) is 1. The third-order valence-corrected chi connectivity index (χ3v) is 4.77. The Bertz CT molecular complexity index is 326. The first-order valence-electron chi connectivity index (χ1n) is 6.33. The Morgan fingerprint density at radius 3 is 2.69 bits per heavy atom. The fourth-order valence-corrected chi connectivity index (χ4v) is 3.34. The molecule has 90 valence electrons. The van der Waals surface area contributed by atoms with Gasteiger partial charge in [-0.05, 0) is 32.6 Å². The molecule has 1 saturated carbocycles. The Morgan fingerprint density at radius 2 is 2.06 bits per heavy atom. The van der Waals surface area contributed by atoms with E-state index in [1.807, 2.05) is 11.3 Å². The molecule has 0 bridgehead atoms. The molecule has 0 spiro atoms. The van der Waals surface area contributed by atoms with Crippen LogP contribution in [0.15, 0.2) is 0 Å². The lowest BCUT2D eigenvalue weighted by molar-refractivity contribution is 0.279. The highest BCUT2D eigenvalue weighted by Crippen LogP contribution is 2.24. The van der Waals surface area contributed by atoms with Crippen molar-refractivity contribution in [3.63, 3.8) is 0 Å². The van der Waals surface area contributed by atoms with Crippen LogP contribution < -0.4 is 5.32 Å². The molecule has 0 aromatic carbocycles. The van der Waals surface area contributed by atoms with Gasteiger partial charge in [0.25, 0.3) is 0 Å². The molecule has 1 aliphatic carbocycles. The van der Waals surface area contributed by atoms with E-state index in [4.69, 9.17) is 0 Å². The molecule has 1 aromatic heterocycles. The Labute approximate surface area is 102 Å². The lowest BCUT2D eigenvalue weighted by Crippen LogP contribution is -2.36. The van der Waals surface area contributed by atoms with Crippen LogP contribution in [-0.4, -0.2) is 11.0 Å². The van der Waals surface area contributed by atoms with Crippen molar-refractivity contribution in [2.24, 2.45) is 5.92 Å². The summed E-state index contributed by atoms with van der Waals surface area (Å²) in [6.45, 7) is 7.57. The van der Waals surface area contributed by atoms with Crippen LogP contribution in [0.3, 0.4) is 0 Å². The Morgan fingerprint density at radius 1 is 1.31 bits per heavy atom. The highest BCUT2D eigenvalue weighted by molar-refractivity contribution is 7.11. The quantitative estimate of drug-likeness (QED) is 0.872. The zero-order valence-electron chi connectivity index (χ0n) is 10.5. The summed E-state index contributed by atoms with van der Waals surface area (Å²) in [5.41, 5.74) is 1.19. The minimum atomic E-state index is 0.707. The van der Waals surface area contributed by atoms with Gasteiger partial charge in [0.2, 0.25) is 0 Å². The van der Waals surface area contributed by atoms with Gasteiger partial charge in [-0.1, -0.05) is 19.8 Å².